The average Bonchev–Trinajstić information content (AvgIpc) is 2.87. The molecule has 0 spiro atoms. The second-order valence-corrected chi connectivity index (χ2v) is 9.43. The Morgan fingerprint density at radius 1 is 1.03 bits per heavy atom. The number of benzene rings is 1. The van der Waals surface area contributed by atoms with Crippen molar-refractivity contribution in [2.45, 2.75) is 32.0 Å². The fraction of sp³-hybridized carbons (Fsp3) is 0.423. The van der Waals surface area contributed by atoms with Gasteiger partial charge in [-0.05, 0) is 55.8 Å². The Morgan fingerprint density at radius 3 is 2.85 bits per heavy atom. The molecule has 0 amide bonds. The third-order valence-electron chi connectivity index (χ3n) is 7.51. The molecule has 2 fully saturated rings. The van der Waals surface area contributed by atoms with Gasteiger partial charge in [0.15, 0.2) is 0 Å². The second-order valence-electron chi connectivity index (χ2n) is 9.43. The van der Waals surface area contributed by atoms with E-state index < -0.39 is 0 Å². The van der Waals surface area contributed by atoms with Crippen molar-refractivity contribution in [3.8, 4) is 6.07 Å². The van der Waals surface area contributed by atoms with Crippen LogP contribution in [-0.4, -0.2) is 66.2 Å². The molecule has 7 heteroatoms. The van der Waals surface area contributed by atoms with Crippen molar-refractivity contribution in [1.82, 2.24) is 20.2 Å². The molecule has 2 saturated heterocycles. The van der Waals surface area contributed by atoms with Crippen molar-refractivity contribution >= 4 is 22.4 Å². The van der Waals surface area contributed by atoms with Gasteiger partial charge in [0, 0.05) is 80.4 Å². The maximum Gasteiger partial charge on any atom is 0.132 e. The third kappa shape index (κ3) is 3.50. The molecule has 2 aromatic heterocycles. The van der Waals surface area contributed by atoms with E-state index in [9.17, 15) is 5.26 Å². The monoisotopic (exact) mass is 439 g/mol. The van der Waals surface area contributed by atoms with Crippen LogP contribution in [0.3, 0.4) is 0 Å². The summed E-state index contributed by atoms with van der Waals surface area (Å²) in [6.45, 7) is 9.35. The van der Waals surface area contributed by atoms with Gasteiger partial charge in [-0.15, -0.1) is 0 Å². The van der Waals surface area contributed by atoms with E-state index in [1.807, 2.05) is 18.3 Å². The predicted molar refractivity (Wildman–Crippen MR) is 130 cm³/mol. The molecule has 1 aromatic carbocycles. The molecule has 0 radical (unpaired) electrons. The number of nitriles is 1. The fourth-order valence-corrected chi connectivity index (χ4v) is 5.94. The van der Waals surface area contributed by atoms with Crippen LogP contribution in [0.25, 0.3) is 10.9 Å². The minimum absolute atomic E-state index is 0.434. The van der Waals surface area contributed by atoms with E-state index in [1.54, 1.807) is 6.20 Å². The Bertz CT molecular complexity index is 1230. The molecule has 3 aliphatic rings. The van der Waals surface area contributed by atoms with E-state index in [1.165, 1.54) is 22.6 Å². The van der Waals surface area contributed by atoms with Gasteiger partial charge in [0.2, 0.25) is 0 Å². The zero-order valence-electron chi connectivity index (χ0n) is 19.0. The number of piperazine rings is 2. The molecule has 0 aliphatic carbocycles. The first-order chi connectivity index (χ1) is 16.2. The van der Waals surface area contributed by atoms with E-state index in [0.29, 0.717) is 17.6 Å². The van der Waals surface area contributed by atoms with E-state index in [4.69, 9.17) is 4.98 Å². The first kappa shape index (κ1) is 20.4. The highest BCUT2D eigenvalue weighted by molar-refractivity contribution is 5.95. The van der Waals surface area contributed by atoms with Crippen LogP contribution < -0.4 is 15.1 Å². The highest BCUT2D eigenvalue weighted by Crippen LogP contribution is 2.33. The summed E-state index contributed by atoms with van der Waals surface area (Å²) in [4.78, 5) is 17.0. The van der Waals surface area contributed by atoms with Crippen molar-refractivity contribution in [2.75, 3.05) is 49.1 Å². The van der Waals surface area contributed by atoms with Crippen molar-refractivity contribution in [2.24, 2.45) is 0 Å². The van der Waals surface area contributed by atoms with Crippen LogP contribution in [0.2, 0.25) is 0 Å². The van der Waals surface area contributed by atoms with E-state index in [0.717, 1.165) is 63.1 Å². The number of anilines is 2. The second kappa shape index (κ2) is 8.29. The number of pyridine rings is 2. The van der Waals surface area contributed by atoms with E-state index >= 15 is 0 Å². The van der Waals surface area contributed by atoms with Crippen LogP contribution in [0, 0.1) is 11.3 Å². The molecule has 3 aliphatic heterocycles. The summed E-state index contributed by atoms with van der Waals surface area (Å²) in [5.41, 5.74) is 5.44. The first-order valence-corrected chi connectivity index (χ1v) is 11.9. The molecule has 168 valence electrons. The lowest BCUT2D eigenvalue weighted by atomic mass is 9.99. The Kier molecular flexibility index (Phi) is 5.12. The average molecular weight is 440 g/mol. The summed E-state index contributed by atoms with van der Waals surface area (Å²) < 4.78 is 0. The summed E-state index contributed by atoms with van der Waals surface area (Å²) in [5, 5.41) is 14.1. The molecular formula is C26H29N7. The molecule has 2 atom stereocenters. The van der Waals surface area contributed by atoms with Crippen molar-refractivity contribution in [3.05, 3.63) is 59.4 Å². The summed E-state index contributed by atoms with van der Waals surface area (Å²) in [6, 6.07) is 13.4. The van der Waals surface area contributed by atoms with Crippen LogP contribution in [-0.2, 0) is 13.0 Å². The molecule has 7 nitrogen and oxygen atoms in total. The van der Waals surface area contributed by atoms with Gasteiger partial charge < -0.3 is 15.1 Å². The van der Waals surface area contributed by atoms with Gasteiger partial charge in [-0.1, -0.05) is 0 Å². The largest absolute Gasteiger partial charge is 0.368 e. The summed E-state index contributed by atoms with van der Waals surface area (Å²) in [6.07, 6.45) is 4.80. The van der Waals surface area contributed by atoms with Crippen LogP contribution in [0.15, 0.2) is 42.7 Å². The van der Waals surface area contributed by atoms with Crippen molar-refractivity contribution in [3.63, 3.8) is 0 Å². The molecule has 1 N–H and O–H groups in total. The van der Waals surface area contributed by atoms with Gasteiger partial charge in [-0.2, -0.15) is 5.26 Å². The van der Waals surface area contributed by atoms with Gasteiger partial charge in [0.05, 0.1) is 11.1 Å². The van der Waals surface area contributed by atoms with E-state index in [-0.39, 0.29) is 0 Å². The fourth-order valence-electron chi connectivity index (χ4n) is 5.94. The van der Waals surface area contributed by atoms with Gasteiger partial charge >= 0.3 is 0 Å². The van der Waals surface area contributed by atoms with Crippen LogP contribution in [0.4, 0.5) is 11.5 Å². The topological polar surface area (TPSA) is 71.3 Å². The Labute approximate surface area is 194 Å². The molecule has 0 saturated carbocycles. The minimum Gasteiger partial charge on any atom is -0.368 e. The van der Waals surface area contributed by atoms with Crippen LogP contribution in [0.5, 0.6) is 0 Å². The molecular weight excluding hydrogens is 410 g/mol. The predicted octanol–water partition coefficient (Wildman–Crippen LogP) is 2.55. The molecule has 33 heavy (non-hydrogen) atoms. The molecule has 5 heterocycles. The number of hydrogen-bond acceptors (Lipinski definition) is 7. The Hall–Kier alpha value is -3.21. The molecule has 0 unspecified atom stereocenters. The highest BCUT2D eigenvalue weighted by Gasteiger charge is 2.37. The number of aromatic nitrogens is 2. The van der Waals surface area contributed by atoms with Gasteiger partial charge in [0.25, 0.3) is 0 Å². The lowest BCUT2D eigenvalue weighted by Gasteiger charge is -2.51. The number of hydrogen-bond donors (Lipinski definition) is 1. The summed E-state index contributed by atoms with van der Waals surface area (Å²) in [5.74, 6) is 1.19. The Morgan fingerprint density at radius 2 is 1.94 bits per heavy atom. The first-order valence-electron chi connectivity index (χ1n) is 11.9. The van der Waals surface area contributed by atoms with Crippen molar-refractivity contribution in [1.29, 1.82) is 5.26 Å². The zero-order chi connectivity index (χ0) is 22.4. The smallest absolute Gasteiger partial charge is 0.132 e. The maximum atomic E-state index is 9.53. The van der Waals surface area contributed by atoms with Gasteiger partial charge in [-0.25, -0.2) is 4.98 Å². The van der Waals surface area contributed by atoms with Crippen molar-refractivity contribution < 1.29 is 0 Å². The van der Waals surface area contributed by atoms with Gasteiger partial charge in [0.1, 0.15) is 11.9 Å². The summed E-state index contributed by atoms with van der Waals surface area (Å²) in [7, 11) is 0. The Balaban J connectivity index is 1.30. The minimum atomic E-state index is 0.434. The maximum absolute atomic E-state index is 9.53. The third-order valence-corrected chi connectivity index (χ3v) is 7.51. The molecule has 0 bridgehead atoms. The number of nitrogens with one attached hydrogen (secondary N) is 1. The number of fused-ring (bicyclic) bond motifs is 3. The number of nitrogens with zero attached hydrogens (tertiary/aromatic N) is 6. The SMILES string of the molecule is C[C@@H]1CN(c2ccc(C#N)c3ncccc23)C[C@@H]2CN(c3nccc4c3CCNC4)CCN21. The van der Waals surface area contributed by atoms with Gasteiger partial charge in [-0.3, -0.25) is 9.88 Å². The molecule has 3 aromatic rings. The number of rotatable bonds is 2. The normalized spacial score (nSPS) is 23.2. The zero-order valence-corrected chi connectivity index (χ0v) is 19.0. The van der Waals surface area contributed by atoms with E-state index in [2.05, 4.69) is 56.2 Å². The lowest BCUT2D eigenvalue weighted by Crippen LogP contribution is -2.65. The highest BCUT2D eigenvalue weighted by atomic mass is 15.4. The standard InChI is InChI=1S/C26H29N7/c1-18-15-32(24-5-4-19(13-27)25-23(24)3-2-8-29-25)17-21-16-31(11-12-33(18)21)26-22-7-9-28-14-20(22)6-10-30-26/h2-6,8,10,18,21,28H,7,9,11-12,14-17H2,1H3/t18-,21+/m1/s1. The summed E-state index contributed by atoms with van der Waals surface area (Å²) >= 11 is 0. The molecule has 6 rings (SSSR count). The lowest BCUT2D eigenvalue weighted by molar-refractivity contribution is 0.108. The van der Waals surface area contributed by atoms with Crippen LogP contribution in [0.1, 0.15) is 23.6 Å². The quantitative estimate of drug-likeness (QED) is 0.658. The van der Waals surface area contributed by atoms with Crippen LogP contribution >= 0.6 is 0 Å².